The van der Waals surface area contributed by atoms with Crippen LogP contribution in [-0.4, -0.2) is 59.6 Å². The van der Waals surface area contributed by atoms with Gasteiger partial charge in [0.2, 0.25) is 0 Å². The lowest BCUT2D eigenvalue weighted by molar-refractivity contribution is -0.148. The molecular formula is C25H32O8. The number of hydrogen-bond acceptors (Lipinski definition) is 8. The van der Waals surface area contributed by atoms with E-state index >= 15 is 0 Å². The number of esters is 3. The average molecular weight is 461 g/mol. The van der Waals surface area contributed by atoms with Gasteiger partial charge in [0.15, 0.2) is 0 Å². The summed E-state index contributed by atoms with van der Waals surface area (Å²) in [5, 5.41) is 19.5. The highest BCUT2D eigenvalue weighted by Gasteiger charge is 2.44. The van der Waals surface area contributed by atoms with Gasteiger partial charge in [0.05, 0.1) is 29.8 Å². The summed E-state index contributed by atoms with van der Waals surface area (Å²) in [5.74, 6) is -2.63. The molecule has 1 aliphatic heterocycles. The van der Waals surface area contributed by atoms with E-state index in [0.29, 0.717) is 18.4 Å². The summed E-state index contributed by atoms with van der Waals surface area (Å²) in [6, 6.07) is 0. The standard InChI is InChI=1S/C25H32O8/c1-6-17(12-26)24(29)31-13-18(7-2)25(30)33-20-10-14(3)8-9-19(27)15(4)11-21-22(20)16(5)23(28)32-21/h6-8,11,19-22,26-27H,5,9-10,12-13H2,1-4H3/b14-8+,15-11+,17-6+,18-7+/t19-,20+,21-,22+/m0/s1. The van der Waals surface area contributed by atoms with Crippen molar-refractivity contribution in [2.24, 2.45) is 5.92 Å². The van der Waals surface area contributed by atoms with Crippen molar-refractivity contribution in [3.63, 3.8) is 0 Å². The molecule has 0 aromatic rings. The van der Waals surface area contributed by atoms with Gasteiger partial charge in [0, 0.05) is 12.0 Å². The summed E-state index contributed by atoms with van der Waals surface area (Å²) in [6.45, 7) is 9.86. The van der Waals surface area contributed by atoms with Gasteiger partial charge >= 0.3 is 17.9 Å². The topological polar surface area (TPSA) is 119 Å². The van der Waals surface area contributed by atoms with E-state index in [4.69, 9.17) is 14.2 Å². The molecule has 1 fully saturated rings. The zero-order valence-electron chi connectivity index (χ0n) is 19.5. The Bertz CT molecular complexity index is 921. The summed E-state index contributed by atoms with van der Waals surface area (Å²) >= 11 is 0. The van der Waals surface area contributed by atoms with Crippen LogP contribution in [0, 0.1) is 5.92 Å². The van der Waals surface area contributed by atoms with E-state index in [1.807, 2.05) is 13.0 Å². The molecule has 4 atom stereocenters. The normalized spacial score (nSPS) is 29.8. The first kappa shape index (κ1) is 26.3. The number of ether oxygens (including phenoxy) is 3. The van der Waals surface area contributed by atoms with Crippen LogP contribution in [0.4, 0.5) is 0 Å². The first-order valence-corrected chi connectivity index (χ1v) is 10.8. The molecule has 180 valence electrons. The molecule has 0 amide bonds. The van der Waals surface area contributed by atoms with Crippen LogP contribution in [0.5, 0.6) is 0 Å². The van der Waals surface area contributed by atoms with Gasteiger partial charge in [-0.05, 0) is 45.8 Å². The molecule has 0 aromatic heterocycles. The first-order chi connectivity index (χ1) is 15.6. The van der Waals surface area contributed by atoms with Gasteiger partial charge in [-0.2, -0.15) is 0 Å². The molecule has 0 saturated carbocycles. The molecule has 2 rings (SSSR count). The van der Waals surface area contributed by atoms with E-state index in [2.05, 4.69) is 6.58 Å². The van der Waals surface area contributed by atoms with Crippen molar-refractivity contribution in [3.05, 3.63) is 58.7 Å². The predicted octanol–water partition coefficient (Wildman–Crippen LogP) is 2.47. The predicted molar refractivity (Wildman–Crippen MR) is 121 cm³/mol. The number of aliphatic hydroxyl groups excluding tert-OH is 2. The molecule has 33 heavy (non-hydrogen) atoms. The van der Waals surface area contributed by atoms with Crippen LogP contribution in [0.15, 0.2) is 58.7 Å². The Balaban J connectivity index is 2.26. The van der Waals surface area contributed by atoms with Gasteiger partial charge in [-0.15, -0.1) is 0 Å². The highest BCUT2D eigenvalue weighted by molar-refractivity contribution is 5.93. The van der Waals surface area contributed by atoms with Crippen molar-refractivity contribution in [3.8, 4) is 0 Å². The van der Waals surface area contributed by atoms with Crippen LogP contribution in [-0.2, 0) is 28.6 Å². The number of hydrogen-bond donors (Lipinski definition) is 2. The van der Waals surface area contributed by atoms with Crippen molar-refractivity contribution in [2.75, 3.05) is 13.2 Å². The van der Waals surface area contributed by atoms with Crippen molar-refractivity contribution in [1.29, 1.82) is 0 Å². The van der Waals surface area contributed by atoms with Gasteiger partial charge in [0.25, 0.3) is 0 Å². The van der Waals surface area contributed by atoms with Gasteiger partial charge in [-0.25, -0.2) is 14.4 Å². The third-order valence-corrected chi connectivity index (χ3v) is 5.84. The maximum Gasteiger partial charge on any atom is 0.337 e. The summed E-state index contributed by atoms with van der Waals surface area (Å²) in [5.41, 5.74) is 1.91. The summed E-state index contributed by atoms with van der Waals surface area (Å²) < 4.78 is 16.4. The molecule has 0 aromatic carbocycles. The van der Waals surface area contributed by atoms with Crippen molar-refractivity contribution in [2.45, 2.75) is 58.8 Å². The summed E-state index contributed by atoms with van der Waals surface area (Å²) in [7, 11) is 0. The number of allylic oxidation sites excluding steroid dienone is 2. The molecule has 0 radical (unpaired) electrons. The Morgan fingerprint density at radius 2 is 1.88 bits per heavy atom. The zero-order valence-corrected chi connectivity index (χ0v) is 19.5. The number of carbonyl (C=O) groups is 3. The Labute approximate surface area is 193 Å². The maximum absolute atomic E-state index is 12.9. The van der Waals surface area contributed by atoms with Crippen molar-refractivity contribution >= 4 is 17.9 Å². The molecular weight excluding hydrogens is 428 g/mol. The quantitative estimate of drug-likeness (QED) is 0.269. The Morgan fingerprint density at radius 3 is 2.48 bits per heavy atom. The molecule has 2 N–H and O–H groups in total. The lowest BCUT2D eigenvalue weighted by Crippen LogP contribution is -2.34. The van der Waals surface area contributed by atoms with Gasteiger partial charge < -0.3 is 24.4 Å². The van der Waals surface area contributed by atoms with E-state index in [-0.39, 0.29) is 23.3 Å². The SMILES string of the molecule is C=C1C(=O)O[C@H]2/C=C(\C)[C@@H](O)C/C=C(\C)C[C@@H](OC(=O)/C(=C/C)COC(=O)/C(=C/C)CO)[C@@H]12. The van der Waals surface area contributed by atoms with Crippen molar-refractivity contribution in [1.82, 2.24) is 0 Å². The van der Waals surface area contributed by atoms with Crippen molar-refractivity contribution < 1.29 is 38.8 Å². The Morgan fingerprint density at radius 1 is 1.21 bits per heavy atom. The summed E-state index contributed by atoms with van der Waals surface area (Å²) in [6.07, 6.45) is 4.96. The smallest absolute Gasteiger partial charge is 0.337 e. The fourth-order valence-corrected chi connectivity index (χ4v) is 3.68. The largest absolute Gasteiger partial charge is 0.458 e. The highest BCUT2D eigenvalue weighted by Crippen LogP contribution is 2.36. The maximum atomic E-state index is 12.9. The third kappa shape index (κ3) is 6.52. The van der Waals surface area contributed by atoms with E-state index in [9.17, 15) is 24.6 Å². The van der Waals surface area contributed by atoms with E-state index in [1.54, 1.807) is 26.8 Å². The second kappa shape index (κ2) is 11.8. The molecule has 1 saturated heterocycles. The van der Waals surface area contributed by atoms with Crippen LogP contribution < -0.4 is 0 Å². The lowest BCUT2D eigenvalue weighted by Gasteiger charge is -2.28. The molecule has 0 bridgehead atoms. The van der Waals surface area contributed by atoms with Crippen LogP contribution in [0.1, 0.15) is 40.5 Å². The fraction of sp³-hybridized carbons (Fsp3) is 0.480. The second-order valence-electron chi connectivity index (χ2n) is 8.14. The zero-order chi connectivity index (χ0) is 24.7. The minimum absolute atomic E-state index is 0.0806. The highest BCUT2D eigenvalue weighted by atomic mass is 16.6. The number of rotatable bonds is 6. The molecule has 0 unspecified atom stereocenters. The van der Waals surface area contributed by atoms with E-state index in [0.717, 1.165) is 5.57 Å². The van der Waals surface area contributed by atoms with Gasteiger partial charge in [0.1, 0.15) is 18.8 Å². The monoisotopic (exact) mass is 460 g/mol. The van der Waals surface area contributed by atoms with Crippen LogP contribution >= 0.6 is 0 Å². The minimum Gasteiger partial charge on any atom is -0.458 e. The average Bonchev–Trinajstić information content (AvgIpc) is 3.05. The summed E-state index contributed by atoms with van der Waals surface area (Å²) in [4.78, 5) is 37.2. The Hall–Kier alpha value is -2.97. The van der Waals surface area contributed by atoms with E-state index in [1.165, 1.54) is 12.2 Å². The molecule has 8 heteroatoms. The van der Waals surface area contributed by atoms with E-state index < -0.39 is 48.7 Å². The van der Waals surface area contributed by atoms with Gasteiger partial charge in [-0.3, -0.25) is 0 Å². The molecule has 0 spiro atoms. The number of carbonyl (C=O) groups excluding carboxylic acids is 3. The fourth-order valence-electron chi connectivity index (χ4n) is 3.68. The third-order valence-electron chi connectivity index (χ3n) is 5.84. The molecule has 1 heterocycles. The lowest BCUT2D eigenvalue weighted by atomic mass is 9.85. The van der Waals surface area contributed by atoms with Gasteiger partial charge in [-0.1, -0.05) is 30.4 Å². The van der Waals surface area contributed by atoms with Crippen LogP contribution in [0.3, 0.4) is 0 Å². The molecule has 2 aliphatic rings. The minimum atomic E-state index is -0.758. The molecule has 8 nitrogen and oxygen atoms in total. The van der Waals surface area contributed by atoms with Crippen LogP contribution in [0.2, 0.25) is 0 Å². The number of fused-ring (bicyclic) bond motifs is 1. The second-order valence-corrected chi connectivity index (χ2v) is 8.14. The molecule has 1 aliphatic carbocycles. The van der Waals surface area contributed by atoms with Crippen LogP contribution in [0.25, 0.3) is 0 Å². The Kier molecular flexibility index (Phi) is 9.37. The first-order valence-electron chi connectivity index (χ1n) is 10.8. The number of aliphatic hydroxyl groups is 2.